The molecular weight excluding hydrogens is 470 g/mol. The lowest BCUT2D eigenvalue weighted by Gasteiger charge is -2.36. The number of halogens is 1. The molecular formula is C26H26ClN3O5. The van der Waals surface area contributed by atoms with Gasteiger partial charge in [-0.2, -0.15) is 0 Å². The van der Waals surface area contributed by atoms with E-state index >= 15 is 0 Å². The number of ether oxygens (including phenoxy) is 1. The third-order valence-corrected chi connectivity index (χ3v) is 6.00. The summed E-state index contributed by atoms with van der Waals surface area (Å²) in [6.45, 7) is 1.92. The van der Waals surface area contributed by atoms with E-state index in [1.807, 2.05) is 54.6 Å². The van der Waals surface area contributed by atoms with E-state index in [1.54, 1.807) is 11.0 Å². The molecule has 0 spiro atoms. The Morgan fingerprint density at radius 3 is 2.43 bits per heavy atom. The van der Waals surface area contributed by atoms with Gasteiger partial charge in [-0.25, -0.2) is 4.79 Å². The van der Waals surface area contributed by atoms with Crippen LogP contribution in [0.25, 0.3) is 0 Å². The maximum Gasteiger partial charge on any atom is 0.329 e. The van der Waals surface area contributed by atoms with E-state index in [2.05, 4.69) is 10.2 Å². The van der Waals surface area contributed by atoms with Crippen LogP contribution in [0.1, 0.15) is 16.1 Å². The first-order valence-electron chi connectivity index (χ1n) is 11.3. The summed E-state index contributed by atoms with van der Waals surface area (Å²) in [5.41, 5.74) is 1.85. The Morgan fingerprint density at radius 1 is 0.971 bits per heavy atom. The van der Waals surface area contributed by atoms with Crippen LogP contribution in [0, 0.1) is 0 Å². The van der Waals surface area contributed by atoms with Gasteiger partial charge in [0.25, 0.3) is 11.8 Å². The molecule has 0 radical (unpaired) electrons. The first-order valence-corrected chi connectivity index (χ1v) is 11.7. The molecule has 1 N–H and O–H groups in total. The molecule has 3 aromatic rings. The molecule has 8 nitrogen and oxygen atoms in total. The Kier molecular flexibility index (Phi) is 8.05. The summed E-state index contributed by atoms with van der Waals surface area (Å²) >= 11 is 6.08. The highest BCUT2D eigenvalue weighted by Crippen LogP contribution is 2.20. The first-order chi connectivity index (χ1) is 17.0. The van der Waals surface area contributed by atoms with Crippen molar-refractivity contribution in [2.24, 2.45) is 0 Å². The summed E-state index contributed by atoms with van der Waals surface area (Å²) in [5.74, 6) is -1.40. The van der Waals surface area contributed by atoms with Crippen molar-refractivity contribution in [1.82, 2.24) is 10.2 Å². The van der Waals surface area contributed by atoms with Crippen LogP contribution in [-0.4, -0.2) is 61.5 Å². The summed E-state index contributed by atoms with van der Waals surface area (Å²) in [6, 6.07) is 19.0. The highest BCUT2D eigenvalue weighted by atomic mass is 35.5. The van der Waals surface area contributed by atoms with Crippen LogP contribution in [0.2, 0.25) is 5.02 Å². The van der Waals surface area contributed by atoms with E-state index in [0.29, 0.717) is 31.2 Å². The quantitative estimate of drug-likeness (QED) is 0.483. The molecule has 0 aliphatic carbocycles. The van der Waals surface area contributed by atoms with Crippen molar-refractivity contribution in [2.75, 3.05) is 37.7 Å². The molecule has 4 rings (SSSR count). The monoisotopic (exact) mass is 495 g/mol. The summed E-state index contributed by atoms with van der Waals surface area (Å²) < 4.78 is 10.4. The average molecular weight is 496 g/mol. The second-order valence-corrected chi connectivity index (χ2v) is 8.58. The zero-order valence-electron chi connectivity index (χ0n) is 19.1. The Balaban J connectivity index is 1.31. The lowest BCUT2D eigenvalue weighted by molar-refractivity contribution is -0.153. The average Bonchev–Trinajstić information content (AvgIpc) is 3.43. The second-order valence-electron chi connectivity index (χ2n) is 8.15. The van der Waals surface area contributed by atoms with Crippen molar-refractivity contribution in [1.29, 1.82) is 0 Å². The van der Waals surface area contributed by atoms with Gasteiger partial charge in [-0.15, -0.1) is 0 Å². The van der Waals surface area contributed by atoms with E-state index < -0.39 is 24.5 Å². The molecule has 2 heterocycles. The van der Waals surface area contributed by atoms with E-state index in [4.69, 9.17) is 20.8 Å². The molecule has 1 aromatic heterocycles. The molecule has 0 saturated carbocycles. The smallest absolute Gasteiger partial charge is 0.329 e. The van der Waals surface area contributed by atoms with Crippen molar-refractivity contribution in [3.05, 3.63) is 89.3 Å². The Labute approximate surface area is 208 Å². The number of carbonyl (C=O) groups excluding carboxylic acids is 3. The number of nitrogens with one attached hydrogen (secondary N) is 1. The highest BCUT2D eigenvalue weighted by molar-refractivity contribution is 6.30. The summed E-state index contributed by atoms with van der Waals surface area (Å²) in [4.78, 5) is 41.8. The number of anilines is 1. The fraction of sp³-hybridized carbons (Fsp3) is 0.269. The van der Waals surface area contributed by atoms with Crippen LogP contribution in [0.3, 0.4) is 0 Å². The molecule has 9 heteroatoms. The molecule has 1 aliphatic rings. The topological polar surface area (TPSA) is 92.1 Å². The van der Waals surface area contributed by atoms with Crippen molar-refractivity contribution in [2.45, 2.75) is 12.5 Å². The number of rotatable bonds is 8. The summed E-state index contributed by atoms with van der Waals surface area (Å²) in [6.07, 6.45) is 1.60. The number of hydrogen-bond acceptors (Lipinski definition) is 6. The van der Waals surface area contributed by atoms with Gasteiger partial charge in [-0.05, 0) is 35.9 Å². The fourth-order valence-corrected chi connectivity index (χ4v) is 4.08. The number of esters is 1. The molecule has 1 aliphatic heterocycles. The Hall–Kier alpha value is -3.78. The van der Waals surface area contributed by atoms with Gasteiger partial charge in [0.05, 0.1) is 6.26 Å². The van der Waals surface area contributed by atoms with Gasteiger partial charge in [0.1, 0.15) is 6.04 Å². The van der Waals surface area contributed by atoms with Crippen LogP contribution in [-0.2, 0) is 20.7 Å². The lowest BCUT2D eigenvalue weighted by Crippen LogP contribution is -2.50. The van der Waals surface area contributed by atoms with Gasteiger partial charge >= 0.3 is 5.97 Å². The molecule has 0 bridgehead atoms. The number of carbonyl (C=O) groups is 3. The number of piperazine rings is 1. The van der Waals surface area contributed by atoms with Gasteiger partial charge in [-0.1, -0.05) is 48.0 Å². The molecule has 0 unspecified atom stereocenters. The van der Waals surface area contributed by atoms with Crippen molar-refractivity contribution in [3.63, 3.8) is 0 Å². The van der Waals surface area contributed by atoms with Crippen LogP contribution >= 0.6 is 11.6 Å². The van der Waals surface area contributed by atoms with Crippen molar-refractivity contribution >= 4 is 35.1 Å². The summed E-state index contributed by atoms with van der Waals surface area (Å²) in [7, 11) is 0. The maximum absolute atomic E-state index is 12.8. The minimum absolute atomic E-state index is 0.0875. The number of benzene rings is 2. The molecule has 2 aromatic carbocycles. The van der Waals surface area contributed by atoms with E-state index in [1.165, 1.54) is 12.3 Å². The second kappa shape index (κ2) is 11.6. The Bertz CT molecular complexity index is 1140. The normalized spacial score (nSPS) is 14.3. The molecule has 2 amide bonds. The standard InChI is InChI=1S/C26H26ClN3O5/c27-20-8-4-9-21(17-20)29-11-13-30(14-12-29)24(31)18-35-26(33)22(16-19-6-2-1-3-7-19)28-25(32)23-10-5-15-34-23/h1-10,15,17,22H,11-14,16,18H2,(H,28,32)/t22-/m1/s1. The van der Waals surface area contributed by atoms with Gasteiger partial charge in [-0.3, -0.25) is 9.59 Å². The highest BCUT2D eigenvalue weighted by Gasteiger charge is 2.27. The van der Waals surface area contributed by atoms with E-state index in [0.717, 1.165) is 11.3 Å². The zero-order chi connectivity index (χ0) is 24.6. The van der Waals surface area contributed by atoms with Crippen LogP contribution in [0.15, 0.2) is 77.4 Å². The van der Waals surface area contributed by atoms with Gasteiger partial charge in [0.2, 0.25) is 0 Å². The van der Waals surface area contributed by atoms with Gasteiger partial charge in [0.15, 0.2) is 12.4 Å². The molecule has 1 saturated heterocycles. The van der Waals surface area contributed by atoms with Crippen molar-refractivity contribution in [3.8, 4) is 0 Å². The van der Waals surface area contributed by atoms with E-state index in [-0.39, 0.29) is 18.1 Å². The van der Waals surface area contributed by atoms with Crippen LogP contribution in [0.4, 0.5) is 5.69 Å². The third-order valence-electron chi connectivity index (χ3n) is 5.76. The zero-order valence-corrected chi connectivity index (χ0v) is 19.8. The third kappa shape index (κ3) is 6.64. The molecule has 1 atom stereocenters. The summed E-state index contributed by atoms with van der Waals surface area (Å²) in [5, 5.41) is 3.31. The molecule has 182 valence electrons. The van der Waals surface area contributed by atoms with Gasteiger partial charge < -0.3 is 24.3 Å². The molecule has 35 heavy (non-hydrogen) atoms. The predicted molar refractivity (Wildman–Crippen MR) is 131 cm³/mol. The SMILES string of the molecule is O=C(N[C@H](Cc1ccccc1)C(=O)OCC(=O)N1CCN(c2cccc(Cl)c2)CC1)c1ccco1. The minimum atomic E-state index is -0.970. The number of hydrogen-bond donors (Lipinski definition) is 1. The first kappa shape index (κ1) is 24.3. The van der Waals surface area contributed by atoms with Crippen LogP contribution < -0.4 is 10.2 Å². The predicted octanol–water partition coefficient (Wildman–Crippen LogP) is 3.17. The van der Waals surface area contributed by atoms with Crippen LogP contribution in [0.5, 0.6) is 0 Å². The largest absolute Gasteiger partial charge is 0.459 e. The minimum Gasteiger partial charge on any atom is -0.459 e. The van der Waals surface area contributed by atoms with E-state index in [9.17, 15) is 14.4 Å². The number of nitrogens with zero attached hydrogens (tertiary/aromatic N) is 2. The number of furan rings is 1. The number of amides is 2. The Morgan fingerprint density at radius 2 is 1.74 bits per heavy atom. The molecule has 1 fully saturated rings. The maximum atomic E-state index is 12.8. The fourth-order valence-electron chi connectivity index (χ4n) is 3.89. The lowest BCUT2D eigenvalue weighted by atomic mass is 10.1. The van der Waals surface area contributed by atoms with Gasteiger partial charge in [0, 0.05) is 43.3 Å². The van der Waals surface area contributed by atoms with Crippen molar-refractivity contribution < 1.29 is 23.5 Å².